The molecule has 1 unspecified atom stereocenters. The van der Waals surface area contributed by atoms with Crippen LogP contribution in [0.2, 0.25) is 0 Å². The van der Waals surface area contributed by atoms with Gasteiger partial charge in [-0.1, -0.05) is 0 Å². The molecule has 0 bridgehead atoms. The summed E-state index contributed by atoms with van der Waals surface area (Å²) in [5.74, 6) is 1.20. The Hall–Kier alpha value is -2.41. The molecule has 0 saturated carbocycles. The number of carbonyl (C=O) groups is 1. The van der Waals surface area contributed by atoms with Gasteiger partial charge in [0.1, 0.15) is 0 Å². The van der Waals surface area contributed by atoms with Gasteiger partial charge in [-0.3, -0.25) is 4.79 Å². The molecule has 5 rings (SSSR count). The maximum Gasteiger partial charge on any atom is 0.263 e. The molecule has 2 fully saturated rings. The number of amides is 1. The zero-order valence-electron chi connectivity index (χ0n) is 16.2. The maximum atomic E-state index is 12.8. The molecule has 0 aromatic carbocycles. The Morgan fingerprint density at radius 1 is 1.11 bits per heavy atom. The van der Waals surface area contributed by atoms with E-state index in [0.29, 0.717) is 6.54 Å². The average Bonchev–Trinajstić information content (AvgIpc) is 3.47. The van der Waals surface area contributed by atoms with Crippen molar-refractivity contribution < 1.29 is 4.79 Å². The molecule has 1 amide bonds. The topological polar surface area (TPSA) is 53.7 Å². The Labute approximate surface area is 168 Å². The van der Waals surface area contributed by atoms with Crippen molar-refractivity contribution in [1.82, 2.24) is 19.5 Å². The van der Waals surface area contributed by atoms with Crippen LogP contribution in [-0.2, 0) is 0 Å². The number of anilines is 1. The molecule has 3 aromatic rings. The van der Waals surface area contributed by atoms with E-state index in [4.69, 9.17) is 10.1 Å². The van der Waals surface area contributed by atoms with E-state index in [1.165, 1.54) is 23.4 Å². The van der Waals surface area contributed by atoms with Crippen molar-refractivity contribution in [1.29, 1.82) is 0 Å². The molecule has 0 N–H and O–H groups in total. The molecule has 0 radical (unpaired) electrons. The zero-order chi connectivity index (χ0) is 19.1. The van der Waals surface area contributed by atoms with Crippen molar-refractivity contribution in [2.45, 2.75) is 38.5 Å². The summed E-state index contributed by atoms with van der Waals surface area (Å²) in [6.45, 7) is 5.80. The van der Waals surface area contributed by atoms with E-state index in [9.17, 15) is 4.79 Å². The summed E-state index contributed by atoms with van der Waals surface area (Å²) in [5, 5.41) is 4.78. The number of carbonyl (C=O) groups excluding carboxylic acids is 1. The fourth-order valence-corrected chi connectivity index (χ4v) is 5.14. The van der Waals surface area contributed by atoms with Crippen LogP contribution >= 0.6 is 11.3 Å². The Kier molecular flexibility index (Phi) is 4.55. The molecule has 2 aliphatic rings. The lowest BCUT2D eigenvalue weighted by Crippen LogP contribution is -2.39. The van der Waals surface area contributed by atoms with Gasteiger partial charge >= 0.3 is 0 Å². The van der Waals surface area contributed by atoms with Crippen molar-refractivity contribution in [3.05, 3.63) is 46.0 Å². The molecule has 2 aliphatic heterocycles. The summed E-state index contributed by atoms with van der Waals surface area (Å²) in [5.41, 5.74) is 2.10. The second-order valence-corrected chi connectivity index (χ2v) is 9.14. The highest BCUT2D eigenvalue weighted by Crippen LogP contribution is 2.28. The van der Waals surface area contributed by atoms with Crippen molar-refractivity contribution in [2.75, 3.05) is 31.1 Å². The molecular formula is C21H25N5OS. The fourth-order valence-electron chi connectivity index (χ4n) is 4.30. The summed E-state index contributed by atoms with van der Waals surface area (Å²) in [7, 11) is 0. The largest absolute Gasteiger partial charge is 0.370 e. The van der Waals surface area contributed by atoms with E-state index in [-0.39, 0.29) is 11.8 Å². The number of aromatic nitrogens is 3. The van der Waals surface area contributed by atoms with E-state index in [1.807, 2.05) is 28.5 Å². The molecule has 3 aromatic heterocycles. The van der Waals surface area contributed by atoms with Gasteiger partial charge in [0.15, 0.2) is 11.5 Å². The zero-order valence-corrected chi connectivity index (χ0v) is 17.0. The summed E-state index contributed by atoms with van der Waals surface area (Å²) in [6.07, 6.45) is 6.64. The minimum Gasteiger partial charge on any atom is -0.370 e. The van der Waals surface area contributed by atoms with Crippen LogP contribution in [0.1, 0.15) is 52.0 Å². The highest BCUT2D eigenvalue weighted by Gasteiger charge is 2.28. The highest BCUT2D eigenvalue weighted by molar-refractivity contribution is 7.13. The molecule has 5 heterocycles. The molecule has 0 spiro atoms. The number of hydrogen-bond donors (Lipinski definition) is 0. The first-order chi connectivity index (χ1) is 13.7. The summed E-state index contributed by atoms with van der Waals surface area (Å²) >= 11 is 1.57. The lowest BCUT2D eigenvalue weighted by Gasteiger charge is -2.31. The number of nitrogens with zero attached hydrogens (tertiary/aromatic N) is 5. The van der Waals surface area contributed by atoms with Gasteiger partial charge < -0.3 is 9.80 Å². The molecule has 6 nitrogen and oxygen atoms in total. The number of likely N-dealkylation sites (tertiary alicyclic amines) is 1. The lowest BCUT2D eigenvalue weighted by atomic mass is 9.97. The second-order valence-electron chi connectivity index (χ2n) is 7.85. The SMILES string of the molecule is Cc1ccc(C(=O)N2CCCC(c3nc4ccc(N5CCCC5)cn4n3)C2)s1. The van der Waals surface area contributed by atoms with Crippen LogP contribution in [0.25, 0.3) is 5.65 Å². The number of pyridine rings is 1. The van der Waals surface area contributed by atoms with E-state index in [2.05, 4.69) is 23.2 Å². The molecule has 146 valence electrons. The number of piperidine rings is 1. The third kappa shape index (κ3) is 3.28. The van der Waals surface area contributed by atoms with Crippen molar-refractivity contribution >= 4 is 28.6 Å². The van der Waals surface area contributed by atoms with Gasteiger partial charge in [0.05, 0.1) is 16.8 Å². The third-order valence-corrected chi connectivity index (χ3v) is 6.82. The van der Waals surface area contributed by atoms with Crippen LogP contribution in [0.3, 0.4) is 0 Å². The van der Waals surface area contributed by atoms with Crippen LogP contribution in [0.4, 0.5) is 5.69 Å². The first-order valence-corrected chi connectivity index (χ1v) is 11.0. The summed E-state index contributed by atoms with van der Waals surface area (Å²) in [6, 6.07) is 8.16. The van der Waals surface area contributed by atoms with E-state index in [0.717, 1.165) is 48.8 Å². The van der Waals surface area contributed by atoms with Crippen molar-refractivity contribution in [3.8, 4) is 0 Å². The normalized spacial score (nSPS) is 20.2. The Balaban J connectivity index is 1.36. The minimum absolute atomic E-state index is 0.142. The smallest absolute Gasteiger partial charge is 0.263 e. The quantitative estimate of drug-likeness (QED) is 0.678. The van der Waals surface area contributed by atoms with E-state index < -0.39 is 0 Å². The monoisotopic (exact) mass is 395 g/mol. The molecule has 28 heavy (non-hydrogen) atoms. The van der Waals surface area contributed by atoms with Crippen LogP contribution in [-0.4, -0.2) is 51.6 Å². The van der Waals surface area contributed by atoms with Gasteiger partial charge in [0.25, 0.3) is 5.91 Å². The van der Waals surface area contributed by atoms with Crippen molar-refractivity contribution in [2.24, 2.45) is 0 Å². The van der Waals surface area contributed by atoms with Crippen molar-refractivity contribution in [3.63, 3.8) is 0 Å². The number of aryl methyl sites for hydroxylation is 1. The predicted octanol–water partition coefficient (Wildman–Crippen LogP) is 3.72. The van der Waals surface area contributed by atoms with Gasteiger partial charge in [-0.05, 0) is 56.9 Å². The van der Waals surface area contributed by atoms with Gasteiger partial charge in [0.2, 0.25) is 0 Å². The molecule has 7 heteroatoms. The van der Waals surface area contributed by atoms with Gasteiger partial charge in [-0.15, -0.1) is 11.3 Å². The van der Waals surface area contributed by atoms with Crippen LogP contribution in [0, 0.1) is 6.92 Å². The highest BCUT2D eigenvalue weighted by atomic mass is 32.1. The Morgan fingerprint density at radius 3 is 2.75 bits per heavy atom. The number of rotatable bonds is 3. The molecule has 2 saturated heterocycles. The Morgan fingerprint density at radius 2 is 1.96 bits per heavy atom. The average molecular weight is 396 g/mol. The molecule has 1 atom stereocenters. The fraction of sp³-hybridized carbons (Fsp3) is 0.476. The summed E-state index contributed by atoms with van der Waals surface area (Å²) in [4.78, 5) is 24.0. The van der Waals surface area contributed by atoms with E-state index in [1.54, 1.807) is 11.3 Å². The number of hydrogen-bond acceptors (Lipinski definition) is 5. The standard InChI is InChI=1S/C21H25N5OS/c1-15-6-8-18(28-15)21(27)25-12-4-5-16(13-25)20-22-19-9-7-17(14-26(19)23-20)24-10-2-3-11-24/h6-9,14,16H,2-5,10-13H2,1H3. The van der Waals surface area contributed by atoms with E-state index >= 15 is 0 Å². The first-order valence-electron chi connectivity index (χ1n) is 10.1. The first kappa shape index (κ1) is 17.7. The third-order valence-electron chi connectivity index (χ3n) is 5.83. The van der Waals surface area contributed by atoms with Gasteiger partial charge in [-0.2, -0.15) is 5.10 Å². The number of thiophene rings is 1. The number of fused-ring (bicyclic) bond motifs is 1. The molecule has 0 aliphatic carbocycles. The second kappa shape index (κ2) is 7.20. The van der Waals surface area contributed by atoms with Gasteiger partial charge in [0, 0.05) is 37.0 Å². The summed E-state index contributed by atoms with van der Waals surface area (Å²) < 4.78 is 1.91. The Bertz CT molecular complexity index is 1000. The van der Waals surface area contributed by atoms with Crippen LogP contribution < -0.4 is 4.90 Å². The predicted molar refractivity (Wildman–Crippen MR) is 111 cm³/mol. The lowest BCUT2D eigenvalue weighted by molar-refractivity contribution is 0.0709. The van der Waals surface area contributed by atoms with Gasteiger partial charge in [-0.25, -0.2) is 9.50 Å². The molecular weight excluding hydrogens is 370 g/mol. The minimum atomic E-state index is 0.142. The maximum absolute atomic E-state index is 12.8. The van der Waals surface area contributed by atoms with Crippen LogP contribution in [0.5, 0.6) is 0 Å². The van der Waals surface area contributed by atoms with Crippen LogP contribution in [0.15, 0.2) is 30.5 Å².